The Bertz CT molecular complexity index is 512. The molecule has 0 amide bonds. The zero-order valence-corrected chi connectivity index (χ0v) is 11.9. The van der Waals surface area contributed by atoms with Crippen molar-refractivity contribution in [1.82, 2.24) is 4.72 Å². The first-order valence-electron chi connectivity index (χ1n) is 6.36. The maximum atomic E-state index is 12.0. The lowest BCUT2D eigenvalue weighted by molar-refractivity contribution is 0.361. The van der Waals surface area contributed by atoms with Crippen LogP contribution in [-0.2, 0) is 14.8 Å². The first-order chi connectivity index (χ1) is 9.06. The van der Waals surface area contributed by atoms with E-state index in [1.54, 1.807) is 19.2 Å². The molecule has 1 fully saturated rings. The highest BCUT2D eigenvalue weighted by molar-refractivity contribution is 7.89. The van der Waals surface area contributed by atoms with Gasteiger partial charge in [0.2, 0.25) is 10.0 Å². The molecule has 1 N–H and O–H groups in total. The Balaban J connectivity index is 1.91. The summed E-state index contributed by atoms with van der Waals surface area (Å²) < 4.78 is 37.0. The maximum absolute atomic E-state index is 12.0. The highest BCUT2D eigenvalue weighted by Crippen LogP contribution is 2.26. The van der Waals surface area contributed by atoms with Gasteiger partial charge >= 0.3 is 0 Å². The average Bonchev–Trinajstić information content (AvgIpc) is 3.16. The highest BCUT2D eigenvalue weighted by atomic mass is 32.2. The summed E-state index contributed by atoms with van der Waals surface area (Å²) in [6.07, 6.45) is 2.26. The third kappa shape index (κ3) is 3.68. The lowest BCUT2D eigenvalue weighted by Crippen LogP contribution is -2.28. The van der Waals surface area contributed by atoms with E-state index in [4.69, 9.17) is 9.47 Å². The lowest BCUT2D eigenvalue weighted by Gasteiger charge is -2.06. The zero-order chi connectivity index (χ0) is 13.9. The van der Waals surface area contributed by atoms with E-state index in [2.05, 4.69) is 11.6 Å². The van der Waals surface area contributed by atoms with Crippen LogP contribution in [0.25, 0.3) is 0 Å². The van der Waals surface area contributed by atoms with Crippen LogP contribution < -0.4 is 9.46 Å². The predicted molar refractivity (Wildman–Crippen MR) is 71.8 cm³/mol. The van der Waals surface area contributed by atoms with Gasteiger partial charge in [-0.1, -0.05) is 13.3 Å². The third-order valence-corrected chi connectivity index (χ3v) is 4.54. The van der Waals surface area contributed by atoms with Crippen molar-refractivity contribution >= 4 is 10.0 Å². The standard InChI is InChI=1S/C13H19NO4S/c1-3-4-12-13(18-12)9-14-19(15,16)11-7-5-10(17-2)6-8-11/h5-8,12-14H,3-4,9H2,1-2H3. The highest BCUT2D eigenvalue weighted by Gasteiger charge is 2.38. The zero-order valence-electron chi connectivity index (χ0n) is 11.1. The molecule has 1 aromatic carbocycles. The Morgan fingerprint density at radius 2 is 1.95 bits per heavy atom. The molecule has 0 aliphatic carbocycles. The Labute approximate surface area is 114 Å². The van der Waals surface area contributed by atoms with Crippen molar-refractivity contribution in [1.29, 1.82) is 0 Å². The van der Waals surface area contributed by atoms with Crippen molar-refractivity contribution in [2.45, 2.75) is 36.9 Å². The number of nitrogens with one attached hydrogen (secondary N) is 1. The summed E-state index contributed by atoms with van der Waals surface area (Å²) in [5.41, 5.74) is 0. The summed E-state index contributed by atoms with van der Waals surface area (Å²) in [7, 11) is -1.92. The van der Waals surface area contributed by atoms with E-state index < -0.39 is 10.0 Å². The molecule has 2 atom stereocenters. The smallest absolute Gasteiger partial charge is 0.240 e. The van der Waals surface area contributed by atoms with Crippen LogP contribution in [0, 0.1) is 0 Å². The molecular formula is C13H19NO4S. The van der Waals surface area contributed by atoms with E-state index >= 15 is 0 Å². The van der Waals surface area contributed by atoms with Crippen molar-refractivity contribution in [2.24, 2.45) is 0 Å². The first-order valence-corrected chi connectivity index (χ1v) is 7.84. The molecule has 1 aliphatic heterocycles. The van der Waals surface area contributed by atoms with Gasteiger partial charge in [0.05, 0.1) is 24.2 Å². The van der Waals surface area contributed by atoms with Gasteiger partial charge in [-0.2, -0.15) is 0 Å². The quantitative estimate of drug-likeness (QED) is 0.772. The van der Waals surface area contributed by atoms with Crippen molar-refractivity contribution in [3.05, 3.63) is 24.3 Å². The maximum Gasteiger partial charge on any atom is 0.240 e. The van der Waals surface area contributed by atoms with Crippen LogP contribution >= 0.6 is 0 Å². The minimum atomic E-state index is -3.46. The number of rotatable bonds is 7. The summed E-state index contributed by atoms with van der Waals surface area (Å²) in [6, 6.07) is 6.31. The van der Waals surface area contributed by atoms with Crippen LogP contribution in [0.1, 0.15) is 19.8 Å². The van der Waals surface area contributed by atoms with E-state index in [0.717, 1.165) is 12.8 Å². The van der Waals surface area contributed by atoms with Crippen LogP contribution in [0.2, 0.25) is 0 Å². The molecule has 1 aliphatic rings. The van der Waals surface area contributed by atoms with Crippen LogP contribution in [0.4, 0.5) is 0 Å². The van der Waals surface area contributed by atoms with Crippen LogP contribution in [-0.4, -0.2) is 34.3 Å². The molecule has 2 unspecified atom stereocenters. The van der Waals surface area contributed by atoms with Gasteiger partial charge in [-0.25, -0.2) is 13.1 Å². The second-order valence-electron chi connectivity index (χ2n) is 4.53. The minimum Gasteiger partial charge on any atom is -0.497 e. The topological polar surface area (TPSA) is 67.9 Å². The molecule has 6 heteroatoms. The van der Waals surface area contributed by atoms with Gasteiger partial charge in [0.15, 0.2) is 0 Å². The average molecular weight is 285 g/mol. The Hall–Kier alpha value is -1.11. The summed E-state index contributed by atoms with van der Waals surface area (Å²) in [4.78, 5) is 0.237. The fraction of sp³-hybridized carbons (Fsp3) is 0.538. The number of benzene rings is 1. The van der Waals surface area contributed by atoms with Crippen LogP contribution in [0.3, 0.4) is 0 Å². The molecule has 1 heterocycles. The molecule has 19 heavy (non-hydrogen) atoms. The van der Waals surface area contributed by atoms with Gasteiger partial charge in [-0.05, 0) is 30.7 Å². The largest absolute Gasteiger partial charge is 0.497 e. The van der Waals surface area contributed by atoms with E-state index in [9.17, 15) is 8.42 Å². The number of ether oxygens (including phenoxy) is 2. The van der Waals surface area contributed by atoms with Gasteiger partial charge in [-0.15, -0.1) is 0 Å². The Morgan fingerprint density at radius 3 is 2.53 bits per heavy atom. The Morgan fingerprint density at radius 1 is 1.26 bits per heavy atom. The molecule has 0 bridgehead atoms. The summed E-state index contributed by atoms with van der Waals surface area (Å²) in [5, 5.41) is 0. The predicted octanol–water partition coefficient (Wildman–Crippen LogP) is 1.54. The SMILES string of the molecule is CCCC1OC1CNS(=O)(=O)c1ccc(OC)cc1. The molecule has 106 valence electrons. The Kier molecular flexibility index (Phi) is 4.44. The third-order valence-electron chi connectivity index (χ3n) is 3.11. The summed E-state index contributed by atoms with van der Waals surface area (Å²) in [5.74, 6) is 0.632. The summed E-state index contributed by atoms with van der Waals surface area (Å²) >= 11 is 0. The molecular weight excluding hydrogens is 266 g/mol. The molecule has 5 nitrogen and oxygen atoms in total. The van der Waals surface area contributed by atoms with E-state index in [1.807, 2.05) is 0 Å². The van der Waals surface area contributed by atoms with E-state index in [1.165, 1.54) is 12.1 Å². The molecule has 1 aromatic rings. The van der Waals surface area contributed by atoms with Crippen molar-refractivity contribution < 1.29 is 17.9 Å². The van der Waals surface area contributed by atoms with Gasteiger partial charge < -0.3 is 9.47 Å². The minimum absolute atomic E-state index is 0.0213. The van der Waals surface area contributed by atoms with Crippen LogP contribution in [0.15, 0.2) is 29.2 Å². The number of sulfonamides is 1. The molecule has 2 rings (SSSR count). The molecule has 0 radical (unpaired) electrons. The molecule has 0 aromatic heterocycles. The van der Waals surface area contributed by atoms with Crippen molar-refractivity contribution in [2.75, 3.05) is 13.7 Å². The second kappa shape index (κ2) is 5.90. The van der Waals surface area contributed by atoms with Crippen LogP contribution in [0.5, 0.6) is 5.75 Å². The number of methoxy groups -OCH3 is 1. The fourth-order valence-corrected chi connectivity index (χ4v) is 2.97. The lowest BCUT2D eigenvalue weighted by atomic mass is 10.2. The van der Waals surface area contributed by atoms with Gasteiger partial charge in [0, 0.05) is 6.54 Å². The van der Waals surface area contributed by atoms with E-state index in [0.29, 0.717) is 12.3 Å². The molecule has 0 spiro atoms. The molecule has 1 saturated heterocycles. The fourth-order valence-electron chi connectivity index (χ4n) is 1.93. The monoisotopic (exact) mass is 285 g/mol. The number of epoxide rings is 1. The second-order valence-corrected chi connectivity index (χ2v) is 6.30. The number of hydrogen-bond acceptors (Lipinski definition) is 4. The first kappa shape index (κ1) is 14.3. The van der Waals surface area contributed by atoms with E-state index in [-0.39, 0.29) is 17.1 Å². The summed E-state index contributed by atoms with van der Waals surface area (Å²) in [6.45, 7) is 2.42. The van der Waals surface area contributed by atoms with Crippen molar-refractivity contribution in [3.63, 3.8) is 0 Å². The number of hydrogen-bond donors (Lipinski definition) is 1. The van der Waals surface area contributed by atoms with Gasteiger partial charge in [-0.3, -0.25) is 0 Å². The van der Waals surface area contributed by atoms with Gasteiger partial charge in [0.1, 0.15) is 5.75 Å². The van der Waals surface area contributed by atoms with Crippen molar-refractivity contribution in [3.8, 4) is 5.75 Å². The normalized spacial score (nSPS) is 22.2. The van der Waals surface area contributed by atoms with Gasteiger partial charge in [0.25, 0.3) is 0 Å². The molecule has 0 saturated carbocycles.